The van der Waals surface area contributed by atoms with Gasteiger partial charge >= 0.3 is 0 Å². The first-order valence-corrected chi connectivity index (χ1v) is 7.91. The number of nitrogens with zero attached hydrogens (tertiary/aromatic N) is 2. The summed E-state index contributed by atoms with van der Waals surface area (Å²) in [6, 6.07) is 8.12. The minimum atomic E-state index is 0.150. The van der Waals surface area contributed by atoms with Crippen molar-refractivity contribution in [1.29, 1.82) is 0 Å². The van der Waals surface area contributed by atoms with Crippen LogP contribution in [0.2, 0.25) is 0 Å². The van der Waals surface area contributed by atoms with E-state index in [9.17, 15) is 4.79 Å². The molecule has 0 unspecified atom stereocenters. The van der Waals surface area contributed by atoms with Gasteiger partial charge in [-0.25, -0.2) is 0 Å². The van der Waals surface area contributed by atoms with Gasteiger partial charge in [-0.1, -0.05) is 43.9 Å². The Morgan fingerprint density at radius 3 is 2.90 bits per heavy atom. The number of benzene rings is 1. The van der Waals surface area contributed by atoms with Crippen LogP contribution in [-0.2, 0) is 18.4 Å². The fraction of sp³-hybridized carbons (Fsp3) is 0.529. The maximum absolute atomic E-state index is 12.0. The van der Waals surface area contributed by atoms with Crippen LogP contribution < -0.4 is 5.32 Å². The SMILES string of the molecule is Cn1nc(CNC(=O)CCC2CCCC2)c2ccccc21. The molecule has 0 radical (unpaired) electrons. The lowest BCUT2D eigenvalue weighted by atomic mass is 10.0. The van der Waals surface area contributed by atoms with Crippen LogP contribution in [0, 0.1) is 5.92 Å². The van der Waals surface area contributed by atoms with Gasteiger partial charge in [0.25, 0.3) is 0 Å². The van der Waals surface area contributed by atoms with Gasteiger partial charge in [0.1, 0.15) is 0 Å². The van der Waals surface area contributed by atoms with Crippen molar-refractivity contribution in [3.05, 3.63) is 30.0 Å². The summed E-state index contributed by atoms with van der Waals surface area (Å²) in [4.78, 5) is 12.0. The summed E-state index contributed by atoms with van der Waals surface area (Å²) < 4.78 is 1.87. The van der Waals surface area contributed by atoms with Crippen LogP contribution in [0.25, 0.3) is 10.9 Å². The number of rotatable bonds is 5. The first-order valence-electron chi connectivity index (χ1n) is 7.91. The second-order valence-corrected chi connectivity index (χ2v) is 6.05. The van der Waals surface area contributed by atoms with Gasteiger partial charge < -0.3 is 5.32 Å². The lowest BCUT2D eigenvalue weighted by molar-refractivity contribution is -0.121. The summed E-state index contributed by atoms with van der Waals surface area (Å²) in [6.07, 6.45) is 6.97. The molecule has 1 amide bonds. The molecule has 1 aromatic carbocycles. The van der Waals surface area contributed by atoms with Crippen molar-refractivity contribution in [3.8, 4) is 0 Å². The Morgan fingerprint density at radius 2 is 2.10 bits per heavy atom. The van der Waals surface area contributed by atoms with Gasteiger partial charge in [-0.15, -0.1) is 0 Å². The summed E-state index contributed by atoms with van der Waals surface area (Å²) in [5.74, 6) is 0.920. The summed E-state index contributed by atoms with van der Waals surface area (Å²) >= 11 is 0. The highest BCUT2D eigenvalue weighted by molar-refractivity contribution is 5.82. The highest BCUT2D eigenvalue weighted by Crippen LogP contribution is 2.28. The summed E-state index contributed by atoms with van der Waals surface area (Å²) in [5.41, 5.74) is 2.05. The van der Waals surface area contributed by atoms with Crippen molar-refractivity contribution in [2.75, 3.05) is 0 Å². The maximum atomic E-state index is 12.0. The Balaban J connectivity index is 1.55. The Labute approximate surface area is 125 Å². The van der Waals surface area contributed by atoms with E-state index in [1.54, 1.807) is 0 Å². The Hall–Kier alpha value is -1.84. The molecule has 4 nitrogen and oxygen atoms in total. The fourth-order valence-corrected chi connectivity index (χ4v) is 3.32. The van der Waals surface area contributed by atoms with Crippen molar-refractivity contribution in [3.63, 3.8) is 0 Å². The first kappa shape index (κ1) is 14.1. The van der Waals surface area contributed by atoms with Gasteiger partial charge in [0.2, 0.25) is 5.91 Å². The number of carbonyl (C=O) groups is 1. The second-order valence-electron chi connectivity index (χ2n) is 6.05. The molecule has 0 spiro atoms. The van der Waals surface area contributed by atoms with E-state index in [4.69, 9.17) is 0 Å². The lowest BCUT2D eigenvalue weighted by Crippen LogP contribution is -2.23. The molecule has 1 N–H and O–H groups in total. The number of aryl methyl sites for hydroxylation is 1. The minimum absolute atomic E-state index is 0.150. The van der Waals surface area contributed by atoms with Crippen LogP contribution in [0.15, 0.2) is 24.3 Å². The molecular formula is C17H23N3O. The molecule has 0 aliphatic heterocycles. The number of carbonyl (C=O) groups excluding carboxylic acids is 1. The predicted octanol–water partition coefficient (Wildman–Crippen LogP) is 3.16. The van der Waals surface area contributed by atoms with Crippen molar-refractivity contribution in [2.24, 2.45) is 13.0 Å². The number of para-hydroxylation sites is 1. The number of amides is 1. The highest BCUT2D eigenvalue weighted by atomic mass is 16.1. The molecule has 0 atom stereocenters. The quantitative estimate of drug-likeness (QED) is 0.917. The summed E-state index contributed by atoms with van der Waals surface area (Å²) in [5, 5.41) is 8.64. The van der Waals surface area contributed by atoms with Gasteiger partial charge in [0.15, 0.2) is 0 Å². The molecular weight excluding hydrogens is 262 g/mol. The van der Waals surface area contributed by atoms with Crippen molar-refractivity contribution in [2.45, 2.75) is 45.1 Å². The number of nitrogens with one attached hydrogen (secondary N) is 1. The molecule has 1 aliphatic rings. The van der Waals surface area contributed by atoms with Crippen molar-refractivity contribution in [1.82, 2.24) is 15.1 Å². The smallest absolute Gasteiger partial charge is 0.220 e. The molecule has 3 rings (SSSR count). The Bertz CT molecular complexity index is 626. The molecule has 2 aromatic rings. The van der Waals surface area contributed by atoms with Gasteiger partial charge in [0, 0.05) is 18.9 Å². The maximum Gasteiger partial charge on any atom is 0.220 e. The average molecular weight is 285 g/mol. The summed E-state index contributed by atoms with van der Waals surface area (Å²) in [6.45, 7) is 0.519. The molecule has 1 aromatic heterocycles. The molecule has 1 fully saturated rings. The zero-order valence-corrected chi connectivity index (χ0v) is 12.6. The van der Waals surface area contributed by atoms with E-state index in [2.05, 4.69) is 16.5 Å². The van der Waals surface area contributed by atoms with Gasteiger partial charge in [-0.3, -0.25) is 9.48 Å². The van der Waals surface area contributed by atoms with E-state index < -0.39 is 0 Å². The number of fused-ring (bicyclic) bond motifs is 1. The summed E-state index contributed by atoms with van der Waals surface area (Å²) in [7, 11) is 1.94. The van der Waals surface area contributed by atoms with Crippen LogP contribution in [-0.4, -0.2) is 15.7 Å². The van der Waals surface area contributed by atoms with Crippen LogP contribution in [0.4, 0.5) is 0 Å². The van der Waals surface area contributed by atoms with Crippen LogP contribution in [0.5, 0.6) is 0 Å². The number of aromatic nitrogens is 2. The van der Waals surface area contributed by atoms with E-state index in [1.807, 2.05) is 29.9 Å². The van der Waals surface area contributed by atoms with Crippen molar-refractivity contribution < 1.29 is 4.79 Å². The van der Waals surface area contributed by atoms with Crippen molar-refractivity contribution >= 4 is 16.8 Å². The normalized spacial score (nSPS) is 15.7. The topological polar surface area (TPSA) is 46.9 Å². The third-order valence-electron chi connectivity index (χ3n) is 4.54. The minimum Gasteiger partial charge on any atom is -0.350 e. The van der Waals surface area contributed by atoms with E-state index in [0.29, 0.717) is 13.0 Å². The van der Waals surface area contributed by atoms with Gasteiger partial charge in [0.05, 0.1) is 17.8 Å². The number of hydrogen-bond acceptors (Lipinski definition) is 2. The van der Waals surface area contributed by atoms with Crippen LogP contribution in [0.1, 0.15) is 44.2 Å². The molecule has 1 heterocycles. The van der Waals surface area contributed by atoms with Crippen LogP contribution >= 0.6 is 0 Å². The lowest BCUT2D eigenvalue weighted by Gasteiger charge is -2.08. The van der Waals surface area contributed by atoms with E-state index >= 15 is 0 Å². The van der Waals surface area contributed by atoms with Gasteiger partial charge in [-0.05, 0) is 18.4 Å². The van der Waals surface area contributed by atoms with Crippen LogP contribution in [0.3, 0.4) is 0 Å². The Kier molecular flexibility index (Phi) is 4.23. The second kappa shape index (κ2) is 6.29. The molecule has 0 saturated heterocycles. The molecule has 21 heavy (non-hydrogen) atoms. The van der Waals surface area contributed by atoms with E-state index in [1.165, 1.54) is 25.7 Å². The largest absolute Gasteiger partial charge is 0.350 e. The fourth-order valence-electron chi connectivity index (χ4n) is 3.32. The van der Waals surface area contributed by atoms with E-state index in [0.717, 1.165) is 28.9 Å². The average Bonchev–Trinajstić information content (AvgIpc) is 3.12. The van der Waals surface area contributed by atoms with E-state index in [-0.39, 0.29) is 5.91 Å². The Morgan fingerprint density at radius 1 is 1.33 bits per heavy atom. The zero-order valence-electron chi connectivity index (χ0n) is 12.6. The molecule has 112 valence electrons. The first-order chi connectivity index (χ1) is 10.2. The highest BCUT2D eigenvalue weighted by Gasteiger charge is 2.16. The molecule has 0 bridgehead atoms. The predicted molar refractivity (Wildman–Crippen MR) is 83.8 cm³/mol. The van der Waals surface area contributed by atoms with Gasteiger partial charge in [-0.2, -0.15) is 5.10 Å². The zero-order chi connectivity index (χ0) is 14.7. The number of hydrogen-bond donors (Lipinski definition) is 1. The third-order valence-corrected chi connectivity index (χ3v) is 4.54. The molecule has 1 aliphatic carbocycles. The molecule has 4 heteroatoms. The molecule has 1 saturated carbocycles. The standard InChI is InChI=1S/C17H23N3O/c1-20-16-9-5-4-8-14(16)15(19-20)12-18-17(21)11-10-13-6-2-3-7-13/h4-5,8-9,13H,2-3,6-7,10-12H2,1H3,(H,18,21). The monoisotopic (exact) mass is 285 g/mol. The third kappa shape index (κ3) is 3.26.